The molecule has 0 bridgehead atoms. The number of carbonyl (C=O) groups excluding carboxylic acids is 2. The molecule has 29 heavy (non-hydrogen) atoms. The molecule has 0 fully saturated rings. The molecule has 2 aromatic rings. The van der Waals surface area contributed by atoms with Gasteiger partial charge >= 0.3 is 5.97 Å². The first-order chi connectivity index (χ1) is 14.0. The van der Waals surface area contributed by atoms with Crippen molar-refractivity contribution in [1.82, 2.24) is 15.3 Å². The number of hydrogen-bond acceptors (Lipinski definition) is 8. The highest BCUT2D eigenvalue weighted by atomic mass is 32.2. The molecule has 0 unspecified atom stereocenters. The van der Waals surface area contributed by atoms with E-state index in [0.717, 1.165) is 22.5 Å². The van der Waals surface area contributed by atoms with E-state index < -0.39 is 5.97 Å². The molecule has 0 saturated carbocycles. The lowest BCUT2D eigenvalue weighted by Crippen LogP contribution is -2.28. The Balaban J connectivity index is 1.41. The van der Waals surface area contributed by atoms with Crippen LogP contribution in [-0.4, -0.2) is 41.5 Å². The average Bonchev–Trinajstić information content (AvgIpc) is 3.17. The molecule has 1 aliphatic rings. The highest BCUT2D eigenvalue weighted by Gasteiger charge is 2.15. The van der Waals surface area contributed by atoms with Crippen LogP contribution in [0.15, 0.2) is 23.4 Å². The van der Waals surface area contributed by atoms with Gasteiger partial charge in [-0.3, -0.25) is 9.59 Å². The fraction of sp³-hybridized carbons (Fsp3) is 0.400. The van der Waals surface area contributed by atoms with Gasteiger partial charge in [0.1, 0.15) is 0 Å². The minimum atomic E-state index is -0.434. The lowest BCUT2D eigenvalue weighted by atomic mass is 10.1. The maximum Gasteiger partial charge on any atom is 0.306 e. The number of thioether (sulfide) groups is 1. The molecule has 1 N–H and O–H groups in total. The Bertz CT molecular complexity index is 896. The second-order valence-corrected chi connectivity index (χ2v) is 7.26. The number of esters is 1. The number of rotatable bonds is 8. The zero-order chi connectivity index (χ0) is 20.8. The average molecular weight is 417 g/mol. The maximum absolute atomic E-state index is 12.0. The molecule has 154 valence electrons. The summed E-state index contributed by atoms with van der Waals surface area (Å²) in [5.74, 6) is 0.545. The summed E-state index contributed by atoms with van der Waals surface area (Å²) in [6.45, 7) is 4.00. The molecule has 0 spiro atoms. The summed E-state index contributed by atoms with van der Waals surface area (Å²) in [5, 5.41) is 3.43. The van der Waals surface area contributed by atoms with Gasteiger partial charge in [0.2, 0.25) is 6.79 Å². The van der Waals surface area contributed by atoms with Crippen LogP contribution in [0.25, 0.3) is 0 Å². The predicted molar refractivity (Wildman–Crippen MR) is 107 cm³/mol. The van der Waals surface area contributed by atoms with Gasteiger partial charge in [-0.25, -0.2) is 9.97 Å². The first-order valence-corrected chi connectivity index (χ1v) is 10.4. The number of fused-ring (bicyclic) bond motifs is 1. The molecular formula is C20H23N3O5S. The Morgan fingerprint density at radius 2 is 1.90 bits per heavy atom. The first-order valence-electron chi connectivity index (χ1n) is 9.15. The number of ether oxygens (including phenoxy) is 3. The topological polar surface area (TPSA) is 99.6 Å². The van der Waals surface area contributed by atoms with Gasteiger partial charge in [-0.2, -0.15) is 0 Å². The maximum atomic E-state index is 12.0. The highest BCUT2D eigenvalue weighted by Crippen LogP contribution is 2.32. The number of nitrogens with zero attached hydrogens (tertiary/aromatic N) is 2. The molecule has 1 aliphatic heterocycles. The van der Waals surface area contributed by atoms with Crippen LogP contribution in [0.1, 0.15) is 28.9 Å². The SMILES string of the molecule is CSc1nc(C)c(CCC(=O)OCC(=O)NCc2ccc3c(c2)OCO3)c(C)n1. The largest absolute Gasteiger partial charge is 0.456 e. The Kier molecular flexibility index (Phi) is 6.92. The lowest BCUT2D eigenvalue weighted by Gasteiger charge is -2.10. The van der Waals surface area contributed by atoms with E-state index in [1.54, 1.807) is 6.07 Å². The van der Waals surface area contributed by atoms with E-state index in [4.69, 9.17) is 14.2 Å². The zero-order valence-electron chi connectivity index (χ0n) is 16.6. The molecule has 0 atom stereocenters. The quantitative estimate of drug-likeness (QED) is 0.397. The van der Waals surface area contributed by atoms with Crippen LogP contribution in [0.5, 0.6) is 11.5 Å². The van der Waals surface area contributed by atoms with E-state index in [1.807, 2.05) is 32.2 Å². The molecule has 8 nitrogen and oxygen atoms in total. The molecule has 2 heterocycles. The monoisotopic (exact) mass is 417 g/mol. The van der Waals surface area contributed by atoms with Crippen molar-refractivity contribution < 1.29 is 23.8 Å². The molecule has 0 radical (unpaired) electrons. The van der Waals surface area contributed by atoms with Crippen LogP contribution in [0, 0.1) is 13.8 Å². The van der Waals surface area contributed by atoms with Gasteiger partial charge in [0.05, 0.1) is 0 Å². The third-order valence-electron chi connectivity index (χ3n) is 4.45. The van der Waals surface area contributed by atoms with Crippen molar-refractivity contribution in [3.63, 3.8) is 0 Å². The Hall–Kier alpha value is -2.81. The van der Waals surface area contributed by atoms with Crippen molar-refractivity contribution in [3.8, 4) is 11.5 Å². The second-order valence-electron chi connectivity index (χ2n) is 6.48. The predicted octanol–water partition coefficient (Wildman–Crippen LogP) is 2.34. The molecule has 1 amide bonds. The number of aryl methyl sites for hydroxylation is 2. The van der Waals surface area contributed by atoms with Crippen molar-refractivity contribution in [1.29, 1.82) is 0 Å². The molecule has 1 aromatic carbocycles. The molecular weight excluding hydrogens is 394 g/mol. The molecule has 3 rings (SSSR count). The molecule has 0 aliphatic carbocycles. The third-order valence-corrected chi connectivity index (χ3v) is 5.00. The van der Waals surface area contributed by atoms with Gasteiger partial charge in [-0.15, -0.1) is 0 Å². The van der Waals surface area contributed by atoms with E-state index in [2.05, 4.69) is 15.3 Å². The summed E-state index contributed by atoms with van der Waals surface area (Å²) in [5.41, 5.74) is 3.52. The number of nitrogens with one attached hydrogen (secondary N) is 1. The minimum absolute atomic E-state index is 0.166. The fourth-order valence-electron chi connectivity index (χ4n) is 2.91. The Labute approximate surface area is 173 Å². The second kappa shape index (κ2) is 9.60. The van der Waals surface area contributed by atoms with E-state index in [-0.39, 0.29) is 25.7 Å². The van der Waals surface area contributed by atoms with Crippen LogP contribution >= 0.6 is 11.8 Å². The van der Waals surface area contributed by atoms with Crippen molar-refractivity contribution in [2.24, 2.45) is 0 Å². The van der Waals surface area contributed by atoms with Gasteiger partial charge in [0.25, 0.3) is 5.91 Å². The van der Waals surface area contributed by atoms with E-state index in [1.165, 1.54) is 11.8 Å². The molecule has 1 aromatic heterocycles. The molecule has 0 saturated heterocycles. The van der Waals surface area contributed by atoms with Gasteiger partial charge in [0, 0.05) is 24.4 Å². The number of benzene rings is 1. The minimum Gasteiger partial charge on any atom is -0.456 e. The van der Waals surface area contributed by atoms with E-state index in [0.29, 0.717) is 29.6 Å². The van der Waals surface area contributed by atoms with Crippen molar-refractivity contribution in [3.05, 3.63) is 40.7 Å². The number of aromatic nitrogens is 2. The fourth-order valence-corrected chi connectivity index (χ4v) is 3.37. The smallest absolute Gasteiger partial charge is 0.306 e. The van der Waals surface area contributed by atoms with Gasteiger partial charge in [-0.05, 0) is 49.8 Å². The lowest BCUT2D eigenvalue weighted by molar-refractivity contribution is -0.148. The van der Waals surface area contributed by atoms with Gasteiger partial charge in [0.15, 0.2) is 23.3 Å². The van der Waals surface area contributed by atoms with Crippen molar-refractivity contribution in [2.45, 2.75) is 38.4 Å². The van der Waals surface area contributed by atoms with Gasteiger partial charge < -0.3 is 19.5 Å². The summed E-state index contributed by atoms with van der Waals surface area (Å²) >= 11 is 1.48. The van der Waals surface area contributed by atoms with E-state index >= 15 is 0 Å². The van der Waals surface area contributed by atoms with Gasteiger partial charge in [-0.1, -0.05) is 17.8 Å². The first kappa shape index (κ1) is 20.9. The van der Waals surface area contributed by atoms with Crippen LogP contribution in [0.3, 0.4) is 0 Å². The Morgan fingerprint density at radius 3 is 2.62 bits per heavy atom. The third kappa shape index (κ3) is 5.60. The van der Waals surface area contributed by atoms with Crippen LogP contribution in [0.2, 0.25) is 0 Å². The summed E-state index contributed by atoms with van der Waals surface area (Å²) in [6, 6.07) is 5.45. The summed E-state index contributed by atoms with van der Waals surface area (Å²) in [4.78, 5) is 32.7. The summed E-state index contributed by atoms with van der Waals surface area (Å²) in [6.07, 6.45) is 2.56. The van der Waals surface area contributed by atoms with Crippen LogP contribution in [-0.2, 0) is 27.3 Å². The van der Waals surface area contributed by atoms with E-state index in [9.17, 15) is 9.59 Å². The zero-order valence-corrected chi connectivity index (χ0v) is 17.4. The highest BCUT2D eigenvalue weighted by molar-refractivity contribution is 7.98. The van der Waals surface area contributed by atoms with Crippen LogP contribution < -0.4 is 14.8 Å². The summed E-state index contributed by atoms with van der Waals surface area (Å²) in [7, 11) is 0. The normalized spacial score (nSPS) is 12.0. The number of carbonyl (C=O) groups is 2. The number of amides is 1. The van der Waals surface area contributed by atoms with Crippen molar-refractivity contribution >= 4 is 23.6 Å². The molecule has 9 heteroatoms. The standard InChI is InChI=1S/C20H23N3O5S/c1-12-15(13(2)23-20(22-12)29-3)5-7-19(25)26-10-18(24)21-9-14-4-6-16-17(8-14)28-11-27-16/h4,6,8H,5,7,9-11H2,1-3H3,(H,21,24). The van der Waals surface area contributed by atoms with Crippen LogP contribution in [0.4, 0.5) is 0 Å². The van der Waals surface area contributed by atoms with Crippen molar-refractivity contribution in [2.75, 3.05) is 19.7 Å². The Morgan fingerprint density at radius 1 is 1.17 bits per heavy atom. The summed E-state index contributed by atoms with van der Waals surface area (Å²) < 4.78 is 15.6. The number of hydrogen-bond donors (Lipinski definition) is 1.